The van der Waals surface area contributed by atoms with Gasteiger partial charge in [-0.1, -0.05) is 172 Å². The Morgan fingerprint density at radius 3 is 0.763 bits per heavy atom. The summed E-state index contributed by atoms with van der Waals surface area (Å²) in [6.07, 6.45) is 52.6. The van der Waals surface area contributed by atoms with Crippen LogP contribution < -0.4 is 0 Å². The van der Waals surface area contributed by atoms with Crippen LogP contribution in [0.2, 0.25) is 0 Å². The molecule has 0 aromatic heterocycles. The Balaban J connectivity index is 3.11. The molecular formula is C37H72O. The lowest BCUT2D eigenvalue weighted by molar-refractivity contribution is 0.282. The van der Waals surface area contributed by atoms with Crippen LogP contribution in [0.15, 0.2) is 24.3 Å². The Hall–Kier alpha value is -0.560. The van der Waals surface area contributed by atoms with Gasteiger partial charge in [0.15, 0.2) is 0 Å². The molecule has 0 unspecified atom stereocenters. The molecule has 0 aliphatic carbocycles. The quantitative estimate of drug-likeness (QED) is 0.0658. The van der Waals surface area contributed by atoms with Gasteiger partial charge in [0.05, 0.1) is 0 Å². The Kier molecular flexibility index (Phi) is 35.9. The predicted molar refractivity (Wildman–Crippen MR) is 174 cm³/mol. The van der Waals surface area contributed by atoms with Gasteiger partial charge in [0.2, 0.25) is 0 Å². The number of unbranched alkanes of at least 4 members (excludes halogenated alkanes) is 28. The highest BCUT2D eigenvalue weighted by Crippen LogP contribution is 2.15. The maximum atomic E-state index is 8.78. The van der Waals surface area contributed by atoms with Crippen molar-refractivity contribution in [2.75, 3.05) is 6.61 Å². The fourth-order valence-electron chi connectivity index (χ4n) is 5.42. The van der Waals surface area contributed by atoms with Crippen molar-refractivity contribution in [3.05, 3.63) is 24.3 Å². The molecule has 0 radical (unpaired) electrons. The molecule has 0 aliphatic rings. The van der Waals surface area contributed by atoms with Gasteiger partial charge in [0.1, 0.15) is 0 Å². The third-order valence-corrected chi connectivity index (χ3v) is 8.08. The summed E-state index contributed by atoms with van der Waals surface area (Å²) in [5, 5.41) is 8.78. The van der Waals surface area contributed by atoms with E-state index in [1.807, 2.05) is 0 Å². The monoisotopic (exact) mass is 533 g/mol. The van der Waals surface area contributed by atoms with Gasteiger partial charge in [-0.3, -0.25) is 0 Å². The molecule has 0 aromatic carbocycles. The van der Waals surface area contributed by atoms with Crippen molar-refractivity contribution in [2.24, 2.45) is 0 Å². The van der Waals surface area contributed by atoms with Crippen LogP contribution in [0.3, 0.4) is 0 Å². The second-order valence-electron chi connectivity index (χ2n) is 12.0. The third kappa shape index (κ3) is 35.4. The third-order valence-electron chi connectivity index (χ3n) is 8.08. The van der Waals surface area contributed by atoms with Crippen molar-refractivity contribution in [1.29, 1.82) is 0 Å². The van der Waals surface area contributed by atoms with E-state index < -0.39 is 0 Å². The van der Waals surface area contributed by atoms with Crippen molar-refractivity contribution in [3.63, 3.8) is 0 Å². The van der Waals surface area contributed by atoms with Gasteiger partial charge in [-0.05, 0) is 57.8 Å². The number of rotatable bonds is 33. The smallest absolute Gasteiger partial charge is 0.0431 e. The minimum atomic E-state index is 0.372. The Morgan fingerprint density at radius 2 is 0.500 bits per heavy atom. The Labute approximate surface area is 241 Å². The van der Waals surface area contributed by atoms with Crippen LogP contribution in [0, 0.1) is 0 Å². The van der Waals surface area contributed by atoms with Crippen molar-refractivity contribution < 1.29 is 5.11 Å². The normalized spacial score (nSPS) is 11.9. The van der Waals surface area contributed by atoms with Crippen molar-refractivity contribution in [2.45, 2.75) is 206 Å². The van der Waals surface area contributed by atoms with Crippen LogP contribution >= 0.6 is 0 Å². The summed E-state index contributed by atoms with van der Waals surface area (Å²) in [4.78, 5) is 0. The van der Waals surface area contributed by atoms with Crippen LogP contribution in [0.25, 0.3) is 0 Å². The van der Waals surface area contributed by atoms with Crippen LogP contribution in [0.1, 0.15) is 206 Å². The average Bonchev–Trinajstić information content (AvgIpc) is 2.93. The fraction of sp³-hybridized carbons (Fsp3) is 0.892. The SMILES string of the molecule is CCCCCCC/C=C/CCCC/C=C/CCCCCCCCCCCCCCCCCCCCCCO. The lowest BCUT2D eigenvalue weighted by Crippen LogP contribution is -1.85. The lowest BCUT2D eigenvalue weighted by atomic mass is 10.0. The molecule has 0 aliphatic heterocycles. The highest BCUT2D eigenvalue weighted by atomic mass is 16.2. The first-order valence-electron chi connectivity index (χ1n) is 17.8. The zero-order chi connectivity index (χ0) is 27.5. The molecule has 1 nitrogen and oxygen atoms in total. The largest absolute Gasteiger partial charge is 0.396 e. The van der Waals surface area contributed by atoms with Crippen molar-refractivity contribution in [1.82, 2.24) is 0 Å². The van der Waals surface area contributed by atoms with Crippen molar-refractivity contribution >= 4 is 0 Å². The molecule has 0 bridgehead atoms. The molecule has 1 heteroatoms. The summed E-state index contributed by atoms with van der Waals surface area (Å²) in [5.41, 5.74) is 0. The van der Waals surface area contributed by atoms with Gasteiger partial charge in [-0.2, -0.15) is 0 Å². The van der Waals surface area contributed by atoms with Crippen LogP contribution in [-0.4, -0.2) is 11.7 Å². The van der Waals surface area contributed by atoms with E-state index in [9.17, 15) is 0 Å². The number of allylic oxidation sites excluding steroid dienone is 4. The molecule has 0 saturated carbocycles. The first-order chi connectivity index (χ1) is 18.9. The van der Waals surface area contributed by atoms with E-state index in [-0.39, 0.29) is 0 Å². The van der Waals surface area contributed by atoms with E-state index in [4.69, 9.17) is 5.11 Å². The molecule has 0 heterocycles. The minimum absolute atomic E-state index is 0.372. The molecule has 0 spiro atoms. The molecule has 38 heavy (non-hydrogen) atoms. The van der Waals surface area contributed by atoms with Gasteiger partial charge >= 0.3 is 0 Å². The van der Waals surface area contributed by atoms with Crippen LogP contribution in [0.5, 0.6) is 0 Å². The zero-order valence-electron chi connectivity index (χ0n) is 26.4. The second kappa shape index (κ2) is 36.4. The van der Waals surface area contributed by atoms with Gasteiger partial charge in [0.25, 0.3) is 0 Å². The highest BCUT2D eigenvalue weighted by Gasteiger charge is 1.96. The minimum Gasteiger partial charge on any atom is -0.396 e. The number of aliphatic hydroxyl groups is 1. The Bertz CT molecular complexity index is 452. The number of aliphatic hydroxyl groups excluding tert-OH is 1. The molecule has 226 valence electrons. The van der Waals surface area contributed by atoms with E-state index >= 15 is 0 Å². The van der Waals surface area contributed by atoms with Gasteiger partial charge < -0.3 is 5.11 Å². The lowest BCUT2D eigenvalue weighted by Gasteiger charge is -2.04. The van der Waals surface area contributed by atoms with Gasteiger partial charge in [-0.25, -0.2) is 0 Å². The van der Waals surface area contributed by atoms with E-state index in [1.54, 1.807) is 0 Å². The van der Waals surface area contributed by atoms with E-state index in [1.165, 1.54) is 193 Å². The molecule has 0 aromatic rings. The van der Waals surface area contributed by atoms with E-state index in [0.717, 1.165) is 6.42 Å². The summed E-state index contributed by atoms with van der Waals surface area (Å²) in [6.45, 7) is 2.66. The first-order valence-corrected chi connectivity index (χ1v) is 17.8. The van der Waals surface area contributed by atoms with E-state index in [0.29, 0.717) is 6.61 Å². The van der Waals surface area contributed by atoms with Gasteiger partial charge in [-0.15, -0.1) is 0 Å². The summed E-state index contributed by atoms with van der Waals surface area (Å²) < 4.78 is 0. The van der Waals surface area contributed by atoms with Gasteiger partial charge in [0, 0.05) is 6.61 Å². The fourth-order valence-corrected chi connectivity index (χ4v) is 5.42. The summed E-state index contributed by atoms with van der Waals surface area (Å²) >= 11 is 0. The molecule has 0 amide bonds. The summed E-state index contributed by atoms with van der Waals surface area (Å²) in [6, 6.07) is 0. The molecule has 0 saturated heterocycles. The Morgan fingerprint density at radius 1 is 0.289 bits per heavy atom. The molecule has 0 atom stereocenters. The number of hydrogen-bond acceptors (Lipinski definition) is 1. The predicted octanol–water partition coefficient (Wildman–Crippen LogP) is 13.2. The number of hydrogen-bond donors (Lipinski definition) is 1. The van der Waals surface area contributed by atoms with Crippen molar-refractivity contribution in [3.8, 4) is 0 Å². The van der Waals surface area contributed by atoms with Crippen LogP contribution in [0.4, 0.5) is 0 Å². The summed E-state index contributed by atoms with van der Waals surface area (Å²) in [5.74, 6) is 0. The molecular weight excluding hydrogens is 460 g/mol. The molecule has 0 rings (SSSR count). The molecule has 1 N–H and O–H groups in total. The average molecular weight is 533 g/mol. The molecule has 0 fully saturated rings. The zero-order valence-corrected chi connectivity index (χ0v) is 26.4. The second-order valence-corrected chi connectivity index (χ2v) is 12.0. The highest BCUT2D eigenvalue weighted by molar-refractivity contribution is 4.84. The standard InChI is InChI=1S/C37H72O/c1-2-3-4-5-6-7-8-9-10-11-12-13-14-15-16-17-18-19-20-21-22-23-24-25-26-27-28-29-30-31-32-33-34-35-36-37-38/h8-9,14-15,38H,2-7,10-13,16-37H2,1H3/b9-8+,15-14+. The topological polar surface area (TPSA) is 20.2 Å². The first kappa shape index (κ1) is 37.4. The maximum absolute atomic E-state index is 8.78. The maximum Gasteiger partial charge on any atom is 0.0431 e. The summed E-state index contributed by atoms with van der Waals surface area (Å²) in [7, 11) is 0. The van der Waals surface area contributed by atoms with Crippen LogP contribution in [-0.2, 0) is 0 Å². The van der Waals surface area contributed by atoms with E-state index in [2.05, 4.69) is 31.2 Å².